The second-order valence-corrected chi connectivity index (χ2v) is 4.76. The third-order valence-electron chi connectivity index (χ3n) is 3.12. The molecule has 2 aromatic heterocycles. The topological polar surface area (TPSA) is 75.6 Å². The highest BCUT2D eigenvalue weighted by Gasteiger charge is 2.21. The first-order valence-electron chi connectivity index (χ1n) is 6.56. The molecule has 8 heteroatoms. The van der Waals surface area contributed by atoms with Crippen molar-refractivity contribution in [1.82, 2.24) is 25.1 Å². The molecule has 0 saturated heterocycles. The molecule has 6 nitrogen and oxygen atoms in total. The molecule has 114 valence electrons. The average molecular weight is 297 g/mol. The molecule has 0 aliphatic heterocycles. The first kappa shape index (κ1) is 15.1. The first-order valence-corrected chi connectivity index (χ1v) is 6.56. The molecule has 0 radical (unpaired) electrons. The molecule has 0 aliphatic carbocycles. The Morgan fingerprint density at radius 2 is 2.24 bits per heavy atom. The predicted molar refractivity (Wildman–Crippen MR) is 72.0 cm³/mol. The SMILES string of the molecule is CCC(NC(=O)c1cc(C(F)F)nn1C)c1ncc(C)[nH]1. The largest absolute Gasteiger partial charge is 0.344 e. The maximum absolute atomic E-state index is 12.6. The van der Waals surface area contributed by atoms with Gasteiger partial charge in [-0.25, -0.2) is 13.8 Å². The molecule has 2 rings (SSSR count). The number of alkyl halides is 2. The molecule has 2 N–H and O–H groups in total. The molecule has 0 bridgehead atoms. The van der Waals surface area contributed by atoms with Crippen LogP contribution in [0.2, 0.25) is 0 Å². The van der Waals surface area contributed by atoms with Crippen molar-refractivity contribution in [2.24, 2.45) is 7.05 Å². The maximum atomic E-state index is 12.6. The van der Waals surface area contributed by atoms with E-state index in [0.29, 0.717) is 12.2 Å². The lowest BCUT2D eigenvalue weighted by molar-refractivity contribution is 0.0924. The number of hydrogen-bond donors (Lipinski definition) is 2. The van der Waals surface area contributed by atoms with Crippen molar-refractivity contribution in [1.29, 1.82) is 0 Å². The first-order chi connectivity index (χ1) is 9.92. The van der Waals surface area contributed by atoms with Crippen LogP contribution in [-0.2, 0) is 7.05 Å². The number of rotatable bonds is 5. The number of nitrogens with zero attached hydrogens (tertiary/aromatic N) is 3. The summed E-state index contributed by atoms with van der Waals surface area (Å²) >= 11 is 0. The number of aromatic nitrogens is 4. The lowest BCUT2D eigenvalue weighted by Crippen LogP contribution is -2.30. The average Bonchev–Trinajstić information content (AvgIpc) is 3.02. The van der Waals surface area contributed by atoms with Crippen LogP contribution in [0.4, 0.5) is 8.78 Å². The van der Waals surface area contributed by atoms with E-state index in [0.717, 1.165) is 16.4 Å². The molecule has 21 heavy (non-hydrogen) atoms. The zero-order valence-corrected chi connectivity index (χ0v) is 12.0. The molecule has 1 atom stereocenters. The summed E-state index contributed by atoms with van der Waals surface area (Å²) in [6.45, 7) is 3.76. The second kappa shape index (κ2) is 6.02. The van der Waals surface area contributed by atoms with E-state index in [4.69, 9.17) is 0 Å². The lowest BCUT2D eigenvalue weighted by atomic mass is 10.2. The monoisotopic (exact) mass is 297 g/mol. The number of amides is 1. The number of aromatic amines is 1. The Morgan fingerprint density at radius 3 is 2.71 bits per heavy atom. The van der Waals surface area contributed by atoms with Gasteiger partial charge in [-0.1, -0.05) is 6.92 Å². The van der Waals surface area contributed by atoms with E-state index in [1.54, 1.807) is 6.20 Å². The molecular weight excluding hydrogens is 280 g/mol. The van der Waals surface area contributed by atoms with Gasteiger partial charge in [-0.15, -0.1) is 0 Å². The summed E-state index contributed by atoms with van der Waals surface area (Å²) in [5, 5.41) is 6.39. The van der Waals surface area contributed by atoms with Gasteiger partial charge in [-0.2, -0.15) is 5.10 Å². The fourth-order valence-electron chi connectivity index (χ4n) is 2.01. The Bertz CT molecular complexity index is 634. The van der Waals surface area contributed by atoms with Gasteiger partial charge >= 0.3 is 0 Å². The van der Waals surface area contributed by atoms with Crippen LogP contribution < -0.4 is 5.32 Å². The van der Waals surface area contributed by atoms with Crippen molar-refractivity contribution in [3.8, 4) is 0 Å². The van der Waals surface area contributed by atoms with Crippen LogP contribution in [0.5, 0.6) is 0 Å². The molecule has 2 heterocycles. The van der Waals surface area contributed by atoms with E-state index in [1.165, 1.54) is 7.05 Å². The Balaban J connectivity index is 2.16. The van der Waals surface area contributed by atoms with Gasteiger partial charge in [0.25, 0.3) is 12.3 Å². The third kappa shape index (κ3) is 3.26. The van der Waals surface area contributed by atoms with E-state index in [9.17, 15) is 13.6 Å². The maximum Gasteiger partial charge on any atom is 0.282 e. The van der Waals surface area contributed by atoms with Gasteiger partial charge in [0, 0.05) is 18.9 Å². The molecule has 0 aliphatic rings. The van der Waals surface area contributed by atoms with Crippen molar-refractivity contribution in [3.63, 3.8) is 0 Å². The molecule has 0 fully saturated rings. The molecule has 0 saturated carbocycles. The van der Waals surface area contributed by atoms with Gasteiger partial charge in [0.1, 0.15) is 17.2 Å². The van der Waals surface area contributed by atoms with E-state index in [1.807, 2.05) is 13.8 Å². The molecule has 1 unspecified atom stereocenters. The highest BCUT2D eigenvalue weighted by Crippen LogP contribution is 2.19. The Morgan fingerprint density at radius 1 is 1.52 bits per heavy atom. The van der Waals surface area contributed by atoms with Gasteiger partial charge in [0.15, 0.2) is 0 Å². The van der Waals surface area contributed by atoms with Gasteiger partial charge < -0.3 is 10.3 Å². The normalized spacial score (nSPS) is 12.7. The minimum Gasteiger partial charge on any atom is -0.344 e. The van der Waals surface area contributed by atoms with Crippen molar-refractivity contribution >= 4 is 5.91 Å². The van der Waals surface area contributed by atoms with Crippen LogP contribution in [-0.4, -0.2) is 25.7 Å². The lowest BCUT2D eigenvalue weighted by Gasteiger charge is -2.14. The Hall–Kier alpha value is -2.25. The highest BCUT2D eigenvalue weighted by atomic mass is 19.3. The van der Waals surface area contributed by atoms with Crippen LogP contribution in [0, 0.1) is 6.92 Å². The summed E-state index contributed by atoms with van der Waals surface area (Å²) in [6, 6.07) is 0.788. The van der Waals surface area contributed by atoms with Crippen LogP contribution in [0.15, 0.2) is 12.3 Å². The number of H-pyrrole nitrogens is 1. The van der Waals surface area contributed by atoms with Crippen LogP contribution in [0.25, 0.3) is 0 Å². The van der Waals surface area contributed by atoms with E-state index >= 15 is 0 Å². The fourth-order valence-corrected chi connectivity index (χ4v) is 2.01. The van der Waals surface area contributed by atoms with Gasteiger partial charge in [0.05, 0.1) is 6.04 Å². The summed E-state index contributed by atoms with van der Waals surface area (Å²) < 4.78 is 26.3. The van der Waals surface area contributed by atoms with Crippen LogP contribution in [0.1, 0.15) is 53.5 Å². The number of imidazole rings is 1. The fraction of sp³-hybridized carbons (Fsp3) is 0.462. The smallest absolute Gasteiger partial charge is 0.282 e. The zero-order chi connectivity index (χ0) is 15.6. The van der Waals surface area contributed by atoms with Crippen molar-refractivity contribution in [3.05, 3.63) is 35.2 Å². The third-order valence-corrected chi connectivity index (χ3v) is 3.12. The molecule has 0 aromatic carbocycles. The van der Waals surface area contributed by atoms with Crippen molar-refractivity contribution in [2.45, 2.75) is 32.7 Å². The Kier molecular flexibility index (Phi) is 4.35. The molecule has 2 aromatic rings. The van der Waals surface area contributed by atoms with E-state index in [2.05, 4.69) is 20.4 Å². The second-order valence-electron chi connectivity index (χ2n) is 4.76. The van der Waals surface area contributed by atoms with E-state index in [-0.39, 0.29) is 11.7 Å². The quantitative estimate of drug-likeness (QED) is 0.889. The van der Waals surface area contributed by atoms with Crippen molar-refractivity contribution < 1.29 is 13.6 Å². The molecule has 1 amide bonds. The van der Waals surface area contributed by atoms with E-state index < -0.39 is 18.0 Å². The number of nitrogens with one attached hydrogen (secondary N) is 2. The minimum absolute atomic E-state index is 0.0898. The van der Waals surface area contributed by atoms with Gasteiger partial charge in [0.2, 0.25) is 0 Å². The van der Waals surface area contributed by atoms with Crippen LogP contribution in [0.3, 0.4) is 0 Å². The number of carbonyl (C=O) groups excluding carboxylic acids is 1. The minimum atomic E-state index is -2.70. The summed E-state index contributed by atoms with van der Waals surface area (Å²) in [4.78, 5) is 19.4. The standard InChI is InChI=1S/C13H17F2N5O/c1-4-8(12-16-6-7(2)17-12)18-13(21)10-5-9(11(14)15)19-20(10)3/h5-6,8,11H,4H2,1-3H3,(H,16,17)(H,18,21). The number of hydrogen-bond acceptors (Lipinski definition) is 3. The van der Waals surface area contributed by atoms with Crippen molar-refractivity contribution in [2.75, 3.05) is 0 Å². The number of aryl methyl sites for hydroxylation is 2. The zero-order valence-electron chi connectivity index (χ0n) is 12.0. The summed E-state index contributed by atoms with van der Waals surface area (Å²) in [6.07, 6.45) is -0.408. The van der Waals surface area contributed by atoms with Crippen LogP contribution >= 0.6 is 0 Å². The van der Waals surface area contributed by atoms with Gasteiger partial charge in [-0.05, 0) is 19.4 Å². The number of halogens is 2. The molecular formula is C13H17F2N5O. The molecule has 0 spiro atoms. The summed E-state index contributed by atoms with van der Waals surface area (Å²) in [5.74, 6) is 0.178. The predicted octanol–water partition coefficient (Wildman–Crippen LogP) is 2.27. The Labute approximate surface area is 120 Å². The summed E-state index contributed by atoms with van der Waals surface area (Å²) in [7, 11) is 1.46. The number of carbonyl (C=O) groups is 1. The summed E-state index contributed by atoms with van der Waals surface area (Å²) in [5.41, 5.74) is 0.565. The van der Waals surface area contributed by atoms with Gasteiger partial charge in [-0.3, -0.25) is 9.48 Å². The highest BCUT2D eigenvalue weighted by molar-refractivity contribution is 5.92.